The van der Waals surface area contributed by atoms with E-state index in [4.69, 9.17) is 0 Å². The van der Waals surface area contributed by atoms with Gasteiger partial charge < -0.3 is 10.6 Å². The molecule has 0 radical (unpaired) electrons. The molecule has 1 heterocycles. The van der Waals surface area contributed by atoms with Crippen molar-refractivity contribution in [1.82, 2.24) is 0 Å². The summed E-state index contributed by atoms with van der Waals surface area (Å²) in [6.45, 7) is 6.67. The van der Waals surface area contributed by atoms with Gasteiger partial charge in [-0.05, 0) is 44.2 Å². The second-order valence-corrected chi connectivity index (χ2v) is 7.40. The molecule has 1 fully saturated rings. The number of nitrogens with one attached hydrogen (secondary N) is 1. The van der Waals surface area contributed by atoms with E-state index in [0.29, 0.717) is 23.6 Å². The maximum absolute atomic E-state index is 13.0. The minimum Gasteiger partial charge on any atom is -0.334 e. The fourth-order valence-electron chi connectivity index (χ4n) is 4.02. The van der Waals surface area contributed by atoms with Gasteiger partial charge in [0, 0.05) is 5.92 Å². The molecule has 3 rings (SSSR count). The zero-order valence-corrected chi connectivity index (χ0v) is 14.8. The molecule has 0 spiro atoms. The SMILES string of the molecule is C[C@@H]1[C@H](C)CCC[C@H]1[NH2+][C@@H](C)C(=O)N1CC(=O)Nc2ccccc21. The van der Waals surface area contributed by atoms with Crippen LogP contribution in [-0.4, -0.2) is 30.4 Å². The van der Waals surface area contributed by atoms with E-state index in [1.807, 2.05) is 31.2 Å². The first-order valence-corrected chi connectivity index (χ1v) is 9.02. The highest BCUT2D eigenvalue weighted by Gasteiger charge is 2.36. The number of rotatable bonds is 3. The Balaban J connectivity index is 1.73. The van der Waals surface area contributed by atoms with Crippen molar-refractivity contribution in [2.24, 2.45) is 11.8 Å². The van der Waals surface area contributed by atoms with Gasteiger partial charge in [0.25, 0.3) is 5.91 Å². The Hall–Kier alpha value is -1.88. The van der Waals surface area contributed by atoms with Gasteiger partial charge >= 0.3 is 0 Å². The van der Waals surface area contributed by atoms with E-state index in [2.05, 4.69) is 24.5 Å². The lowest BCUT2D eigenvalue weighted by Gasteiger charge is -2.35. The van der Waals surface area contributed by atoms with Gasteiger partial charge in [-0.3, -0.25) is 14.5 Å². The summed E-state index contributed by atoms with van der Waals surface area (Å²) in [7, 11) is 0. The lowest BCUT2D eigenvalue weighted by molar-refractivity contribution is -0.715. The summed E-state index contributed by atoms with van der Waals surface area (Å²) in [5.41, 5.74) is 1.52. The van der Waals surface area contributed by atoms with Crippen LogP contribution in [0.1, 0.15) is 40.0 Å². The summed E-state index contributed by atoms with van der Waals surface area (Å²) in [4.78, 5) is 26.5. The Morgan fingerprint density at radius 2 is 2.04 bits per heavy atom. The molecule has 5 nitrogen and oxygen atoms in total. The number of fused-ring (bicyclic) bond motifs is 1. The van der Waals surface area contributed by atoms with Gasteiger partial charge in [0.15, 0.2) is 6.04 Å². The van der Waals surface area contributed by atoms with Crippen LogP contribution in [0.3, 0.4) is 0 Å². The molecule has 1 aromatic carbocycles. The Morgan fingerprint density at radius 1 is 1.29 bits per heavy atom. The fourth-order valence-corrected chi connectivity index (χ4v) is 4.02. The van der Waals surface area contributed by atoms with Gasteiger partial charge in [0.1, 0.15) is 6.54 Å². The normalized spacial score (nSPS) is 28.0. The maximum atomic E-state index is 13.0. The van der Waals surface area contributed by atoms with Crippen molar-refractivity contribution >= 4 is 23.2 Å². The molecule has 0 bridgehead atoms. The Kier molecular flexibility index (Phi) is 4.90. The van der Waals surface area contributed by atoms with Crippen molar-refractivity contribution in [1.29, 1.82) is 0 Å². The van der Waals surface area contributed by atoms with E-state index in [0.717, 1.165) is 5.69 Å². The largest absolute Gasteiger partial charge is 0.334 e. The molecule has 2 amide bonds. The number of carbonyl (C=O) groups excluding carboxylic acids is 2. The molecule has 1 aliphatic heterocycles. The van der Waals surface area contributed by atoms with Crippen LogP contribution in [0.4, 0.5) is 11.4 Å². The number of hydrogen-bond donors (Lipinski definition) is 2. The molecule has 2 aliphatic rings. The predicted molar refractivity (Wildman–Crippen MR) is 94.8 cm³/mol. The zero-order chi connectivity index (χ0) is 17.3. The molecule has 3 N–H and O–H groups in total. The lowest BCUT2D eigenvalue weighted by Crippen LogP contribution is -2.98. The lowest BCUT2D eigenvalue weighted by atomic mass is 9.78. The van der Waals surface area contributed by atoms with Crippen molar-refractivity contribution in [2.75, 3.05) is 16.8 Å². The fraction of sp³-hybridized carbons (Fsp3) is 0.579. The Bertz CT molecular complexity index is 631. The predicted octanol–water partition coefficient (Wildman–Crippen LogP) is 1.75. The second-order valence-electron chi connectivity index (χ2n) is 7.40. The minimum absolute atomic E-state index is 0.0164. The summed E-state index contributed by atoms with van der Waals surface area (Å²) in [5.74, 6) is 1.21. The highest BCUT2D eigenvalue weighted by atomic mass is 16.2. The molecular formula is C19H28N3O2+. The number of para-hydroxylation sites is 2. The molecule has 24 heavy (non-hydrogen) atoms. The van der Waals surface area contributed by atoms with Crippen molar-refractivity contribution in [2.45, 2.75) is 52.1 Å². The average Bonchev–Trinajstić information content (AvgIpc) is 2.57. The third-order valence-corrected chi connectivity index (χ3v) is 5.73. The van der Waals surface area contributed by atoms with E-state index >= 15 is 0 Å². The molecule has 5 heteroatoms. The van der Waals surface area contributed by atoms with E-state index in [-0.39, 0.29) is 24.4 Å². The van der Waals surface area contributed by atoms with E-state index < -0.39 is 0 Å². The second kappa shape index (κ2) is 6.93. The van der Waals surface area contributed by atoms with Crippen LogP contribution >= 0.6 is 0 Å². The first-order chi connectivity index (χ1) is 11.5. The summed E-state index contributed by atoms with van der Waals surface area (Å²) >= 11 is 0. The number of anilines is 2. The number of hydrogen-bond acceptors (Lipinski definition) is 2. The van der Waals surface area contributed by atoms with Gasteiger partial charge in [-0.2, -0.15) is 0 Å². The van der Waals surface area contributed by atoms with Crippen LogP contribution < -0.4 is 15.5 Å². The summed E-state index contributed by atoms with van der Waals surface area (Å²) in [6, 6.07) is 7.81. The van der Waals surface area contributed by atoms with Crippen molar-refractivity contribution in [3.8, 4) is 0 Å². The molecule has 1 aliphatic carbocycles. The number of nitrogens with two attached hydrogens (primary N) is 1. The van der Waals surface area contributed by atoms with Gasteiger partial charge in [-0.25, -0.2) is 0 Å². The topological polar surface area (TPSA) is 66.0 Å². The average molecular weight is 330 g/mol. The molecule has 0 saturated heterocycles. The third kappa shape index (κ3) is 3.31. The zero-order valence-electron chi connectivity index (χ0n) is 14.8. The summed E-state index contributed by atoms with van der Waals surface area (Å²) in [5, 5.41) is 5.05. The Morgan fingerprint density at radius 3 is 2.83 bits per heavy atom. The standard InChI is InChI=1S/C19H27N3O2/c1-12-7-6-9-15(13(12)2)20-14(3)19(24)22-11-18(23)21-16-8-4-5-10-17(16)22/h4-5,8,10,12-15,20H,6-7,9,11H2,1-3H3,(H,21,23)/p+1/t12-,13-,14+,15-/m1/s1. The quantitative estimate of drug-likeness (QED) is 0.887. The maximum Gasteiger partial charge on any atom is 0.285 e. The number of carbonyl (C=O) groups is 2. The molecular weight excluding hydrogens is 302 g/mol. The number of nitrogens with zero attached hydrogens (tertiary/aromatic N) is 1. The highest BCUT2D eigenvalue weighted by molar-refractivity contribution is 6.10. The van der Waals surface area contributed by atoms with Gasteiger partial charge in [-0.15, -0.1) is 0 Å². The number of quaternary nitrogens is 1. The molecule has 130 valence electrons. The molecule has 4 atom stereocenters. The first kappa shape index (κ1) is 17.0. The molecule has 0 aromatic heterocycles. The smallest absolute Gasteiger partial charge is 0.285 e. The molecule has 1 saturated carbocycles. The van der Waals surface area contributed by atoms with Gasteiger partial charge in [0.2, 0.25) is 5.91 Å². The first-order valence-electron chi connectivity index (χ1n) is 9.02. The van der Waals surface area contributed by atoms with Crippen LogP contribution in [0.15, 0.2) is 24.3 Å². The van der Waals surface area contributed by atoms with Gasteiger partial charge in [0.05, 0.1) is 17.4 Å². The van der Waals surface area contributed by atoms with Crippen molar-refractivity contribution < 1.29 is 14.9 Å². The van der Waals surface area contributed by atoms with E-state index in [1.54, 1.807) is 4.90 Å². The van der Waals surface area contributed by atoms with E-state index in [9.17, 15) is 9.59 Å². The van der Waals surface area contributed by atoms with E-state index in [1.165, 1.54) is 19.3 Å². The van der Waals surface area contributed by atoms with Crippen LogP contribution in [-0.2, 0) is 9.59 Å². The number of benzene rings is 1. The monoisotopic (exact) mass is 330 g/mol. The minimum atomic E-state index is -0.179. The third-order valence-electron chi connectivity index (χ3n) is 5.73. The van der Waals surface area contributed by atoms with Crippen molar-refractivity contribution in [3.05, 3.63) is 24.3 Å². The molecule has 0 unspecified atom stereocenters. The molecule has 1 aromatic rings. The van der Waals surface area contributed by atoms with Gasteiger partial charge in [-0.1, -0.05) is 26.0 Å². The van der Waals surface area contributed by atoms with Crippen LogP contribution in [0.5, 0.6) is 0 Å². The summed E-state index contributed by atoms with van der Waals surface area (Å²) in [6.07, 6.45) is 3.69. The Labute approximate surface area is 143 Å². The van der Waals surface area contributed by atoms with Crippen LogP contribution in [0.25, 0.3) is 0 Å². The summed E-state index contributed by atoms with van der Waals surface area (Å²) < 4.78 is 0. The highest BCUT2D eigenvalue weighted by Crippen LogP contribution is 2.30. The number of amides is 2. The van der Waals surface area contributed by atoms with Crippen LogP contribution in [0, 0.1) is 11.8 Å². The van der Waals surface area contributed by atoms with Crippen LogP contribution in [0.2, 0.25) is 0 Å². The van der Waals surface area contributed by atoms with Crippen molar-refractivity contribution in [3.63, 3.8) is 0 Å².